The Morgan fingerprint density at radius 2 is 2.07 bits per heavy atom. The van der Waals surface area contributed by atoms with Crippen LogP contribution in [0, 0.1) is 6.92 Å². The van der Waals surface area contributed by atoms with Crippen LogP contribution in [0.1, 0.15) is 15.9 Å². The van der Waals surface area contributed by atoms with Gasteiger partial charge in [-0.2, -0.15) is 0 Å². The van der Waals surface area contributed by atoms with E-state index in [4.69, 9.17) is 28.6 Å². The summed E-state index contributed by atoms with van der Waals surface area (Å²) in [6.07, 6.45) is 0. The second-order valence-electron chi connectivity index (χ2n) is 5.76. The minimum absolute atomic E-state index is 0.165. The first-order valence-electron chi connectivity index (χ1n) is 8.05. The minimum Gasteiger partial charge on any atom is -0.496 e. The van der Waals surface area contributed by atoms with Gasteiger partial charge in [0.2, 0.25) is 0 Å². The Bertz CT molecular complexity index is 1060. The molecule has 28 heavy (non-hydrogen) atoms. The van der Waals surface area contributed by atoms with Crippen LogP contribution in [0.4, 0.5) is 5.13 Å². The van der Waals surface area contributed by atoms with Gasteiger partial charge in [-0.15, -0.1) is 11.3 Å². The van der Waals surface area contributed by atoms with Crippen molar-refractivity contribution in [3.05, 3.63) is 62.4 Å². The van der Waals surface area contributed by atoms with Gasteiger partial charge in [0.1, 0.15) is 5.75 Å². The van der Waals surface area contributed by atoms with Crippen LogP contribution < -0.4 is 15.4 Å². The molecule has 1 amide bonds. The van der Waals surface area contributed by atoms with Crippen LogP contribution in [0.3, 0.4) is 0 Å². The van der Waals surface area contributed by atoms with Crippen LogP contribution in [0.5, 0.6) is 5.75 Å². The van der Waals surface area contributed by atoms with Crippen LogP contribution >= 0.6 is 51.1 Å². The number of aromatic nitrogens is 1. The summed E-state index contributed by atoms with van der Waals surface area (Å²) in [5, 5.41) is 8.74. The van der Waals surface area contributed by atoms with E-state index in [1.54, 1.807) is 25.3 Å². The first-order valence-corrected chi connectivity index (χ1v) is 10.5. The van der Waals surface area contributed by atoms with Crippen molar-refractivity contribution in [3.63, 3.8) is 0 Å². The standard InChI is InChI=1S/C19H15BrClN3O2S2/c1-10-3-4-12(8-14(10)21)17(25)23-18(27)24-19-22-15(9-28-19)11-5-6-16(26-2)13(20)7-11/h3-9H,1-2H3,(H2,22,23,24,25,27). The third-order valence-electron chi connectivity index (χ3n) is 3.83. The maximum atomic E-state index is 12.3. The molecule has 2 N–H and O–H groups in total. The molecule has 0 fully saturated rings. The second kappa shape index (κ2) is 9.00. The Morgan fingerprint density at radius 3 is 2.75 bits per heavy atom. The Balaban J connectivity index is 1.66. The van der Waals surface area contributed by atoms with Gasteiger partial charge in [0, 0.05) is 21.5 Å². The number of carbonyl (C=O) groups excluding carboxylic acids is 1. The molecule has 0 atom stereocenters. The number of halogens is 2. The average Bonchev–Trinajstić information content (AvgIpc) is 3.12. The molecule has 0 saturated carbocycles. The lowest BCUT2D eigenvalue weighted by atomic mass is 10.1. The lowest BCUT2D eigenvalue weighted by Crippen LogP contribution is -2.34. The Morgan fingerprint density at radius 1 is 1.29 bits per heavy atom. The number of hydrogen-bond acceptors (Lipinski definition) is 5. The number of carbonyl (C=O) groups is 1. The fraction of sp³-hybridized carbons (Fsp3) is 0.105. The number of hydrogen-bond donors (Lipinski definition) is 2. The summed E-state index contributed by atoms with van der Waals surface area (Å²) in [7, 11) is 1.62. The maximum absolute atomic E-state index is 12.3. The van der Waals surface area contributed by atoms with Gasteiger partial charge in [0.05, 0.1) is 17.3 Å². The summed E-state index contributed by atoms with van der Waals surface area (Å²) in [5.41, 5.74) is 3.05. The molecule has 2 aromatic carbocycles. The number of nitrogens with zero attached hydrogens (tertiary/aromatic N) is 1. The van der Waals surface area contributed by atoms with Crippen LogP contribution in [0.2, 0.25) is 5.02 Å². The highest BCUT2D eigenvalue weighted by molar-refractivity contribution is 9.10. The number of ether oxygens (including phenoxy) is 1. The number of thiazole rings is 1. The van der Waals surface area contributed by atoms with Crippen molar-refractivity contribution in [2.75, 3.05) is 12.4 Å². The van der Waals surface area contributed by atoms with Gasteiger partial charge in [-0.3, -0.25) is 10.1 Å². The summed E-state index contributed by atoms with van der Waals surface area (Å²) >= 11 is 16.1. The predicted molar refractivity (Wildman–Crippen MR) is 122 cm³/mol. The topological polar surface area (TPSA) is 63.2 Å². The van der Waals surface area contributed by atoms with E-state index in [1.807, 2.05) is 30.5 Å². The molecule has 0 aliphatic carbocycles. The zero-order valence-corrected chi connectivity index (χ0v) is 18.9. The van der Waals surface area contributed by atoms with Crippen molar-refractivity contribution >= 4 is 67.2 Å². The second-order valence-corrected chi connectivity index (χ2v) is 8.29. The first kappa shape index (κ1) is 20.7. The van der Waals surface area contributed by atoms with E-state index in [2.05, 4.69) is 31.5 Å². The van der Waals surface area contributed by atoms with Crippen LogP contribution in [0.25, 0.3) is 11.3 Å². The van der Waals surface area contributed by atoms with Crippen LogP contribution in [-0.4, -0.2) is 23.1 Å². The fourth-order valence-corrected chi connectivity index (χ4v) is 4.03. The lowest BCUT2D eigenvalue weighted by molar-refractivity contribution is 0.0977. The highest BCUT2D eigenvalue weighted by Gasteiger charge is 2.12. The molecular weight excluding hydrogens is 482 g/mol. The van der Waals surface area contributed by atoms with E-state index < -0.39 is 0 Å². The number of nitrogens with one attached hydrogen (secondary N) is 2. The summed E-state index contributed by atoms with van der Waals surface area (Å²) in [6, 6.07) is 10.8. The molecule has 0 radical (unpaired) electrons. The monoisotopic (exact) mass is 495 g/mol. The molecule has 0 unspecified atom stereocenters. The molecule has 9 heteroatoms. The number of methoxy groups -OCH3 is 1. The zero-order valence-electron chi connectivity index (χ0n) is 14.9. The van der Waals surface area contributed by atoms with E-state index in [0.717, 1.165) is 27.0 Å². The smallest absolute Gasteiger partial charge is 0.257 e. The molecule has 1 heterocycles. The van der Waals surface area contributed by atoms with Crippen molar-refractivity contribution in [1.82, 2.24) is 10.3 Å². The van der Waals surface area contributed by atoms with Gasteiger partial charge < -0.3 is 10.1 Å². The third-order valence-corrected chi connectivity index (χ3v) is 5.82. The van der Waals surface area contributed by atoms with E-state index in [9.17, 15) is 4.79 Å². The molecule has 1 aromatic heterocycles. The molecule has 3 aromatic rings. The highest BCUT2D eigenvalue weighted by Crippen LogP contribution is 2.32. The number of amides is 1. The molecule has 0 aliphatic rings. The first-order chi connectivity index (χ1) is 13.4. The quantitative estimate of drug-likeness (QED) is 0.456. The number of thiocarbonyl (C=S) groups is 1. The SMILES string of the molecule is COc1ccc(-c2csc(NC(=S)NC(=O)c3ccc(C)c(Cl)c3)n2)cc1Br. The Kier molecular flexibility index (Phi) is 6.66. The molecule has 0 aliphatic heterocycles. The lowest BCUT2D eigenvalue weighted by Gasteiger charge is -2.08. The van der Waals surface area contributed by atoms with Crippen molar-refractivity contribution in [3.8, 4) is 17.0 Å². The van der Waals surface area contributed by atoms with E-state index in [1.165, 1.54) is 11.3 Å². The molecule has 144 valence electrons. The van der Waals surface area contributed by atoms with Crippen molar-refractivity contribution in [2.45, 2.75) is 6.92 Å². The normalized spacial score (nSPS) is 10.4. The van der Waals surface area contributed by atoms with Gasteiger partial charge >= 0.3 is 0 Å². The van der Waals surface area contributed by atoms with E-state index in [0.29, 0.717) is 15.7 Å². The molecule has 0 bridgehead atoms. The largest absolute Gasteiger partial charge is 0.496 e. The Hall–Kier alpha value is -2.00. The van der Waals surface area contributed by atoms with Gasteiger partial charge in [-0.05, 0) is 71.0 Å². The average molecular weight is 497 g/mol. The number of anilines is 1. The number of rotatable bonds is 4. The molecule has 0 spiro atoms. The molecule has 3 rings (SSSR count). The molecule has 5 nitrogen and oxygen atoms in total. The summed E-state index contributed by atoms with van der Waals surface area (Å²) < 4.78 is 6.08. The fourth-order valence-electron chi connectivity index (χ4n) is 2.33. The number of benzene rings is 2. The number of aryl methyl sites for hydroxylation is 1. The maximum Gasteiger partial charge on any atom is 0.257 e. The van der Waals surface area contributed by atoms with Gasteiger partial charge in [-0.1, -0.05) is 17.7 Å². The summed E-state index contributed by atoms with van der Waals surface area (Å²) in [4.78, 5) is 16.8. The van der Waals surface area contributed by atoms with E-state index >= 15 is 0 Å². The van der Waals surface area contributed by atoms with Crippen molar-refractivity contribution in [1.29, 1.82) is 0 Å². The van der Waals surface area contributed by atoms with Crippen LogP contribution in [0.15, 0.2) is 46.3 Å². The zero-order chi connectivity index (χ0) is 20.3. The summed E-state index contributed by atoms with van der Waals surface area (Å²) in [5.74, 6) is 0.410. The van der Waals surface area contributed by atoms with Gasteiger partial charge in [-0.25, -0.2) is 4.98 Å². The molecule has 0 saturated heterocycles. The van der Waals surface area contributed by atoms with Gasteiger partial charge in [0.25, 0.3) is 5.91 Å². The van der Waals surface area contributed by atoms with Gasteiger partial charge in [0.15, 0.2) is 10.2 Å². The van der Waals surface area contributed by atoms with Crippen LogP contribution in [-0.2, 0) is 0 Å². The third kappa shape index (κ3) is 4.88. The Labute approximate surface area is 185 Å². The molecular formula is C19H15BrClN3O2S2. The van der Waals surface area contributed by atoms with Crippen molar-refractivity contribution < 1.29 is 9.53 Å². The van der Waals surface area contributed by atoms with Crippen molar-refractivity contribution in [2.24, 2.45) is 0 Å². The summed E-state index contributed by atoms with van der Waals surface area (Å²) in [6.45, 7) is 1.87. The minimum atomic E-state index is -0.338. The predicted octanol–water partition coefficient (Wildman–Crippen LogP) is 5.67. The van der Waals surface area contributed by atoms with E-state index in [-0.39, 0.29) is 11.0 Å². The highest BCUT2D eigenvalue weighted by atomic mass is 79.9.